The Kier molecular flexibility index (Phi) is 10.4. The fourth-order valence-electron chi connectivity index (χ4n) is 9.91. The molecule has 0 saturated heterocycles. The van der Waals surface area contributed by atoms with Gasteiger partial charge in [-0.15, -0.1) is 0 Å². The molecular weight excluding hydrogens is 476 g/mol. The third-order valence-electron chi connectivity index (χ3n) is 12.5. The normalized spacial score (nSPS) is 37.4. The van der Waals surface area contributed by atoms with Gasteiger partial charge in [-0.1, -0.05) is 79.4 Å². The highest BCUT2D eigenvalue weighted by Gasteiger charge is 2.59. The van der Waals surface area contributed by atoms with E-state index >= 15 is 0 Å². The van der Waals surface area contributed by atoms with E-state index in [9.17, 15) is 0 Å². The van der Waals surface area contributed by atoms with E-state index in [0.717, 1.165) is 61.6 Å². The van der Waals surface area contributed by atoms with Crippen LogP contribution in [0.5, 0.6) is 0 Å². The number of allylic oxidation sites excluding steroid dienone is 1. The number of hydrogen-bond donors (Lipinski definition) is 0. The van der Waals surface area contributed by atoms with Crippen LogP contribution in [0.25, 0.3) is 0 Å². The van der Waals surface area contributed by atoms with E-state index in [0.29, 0.717) is 22.9 Å². The van der Waals surface area contributed by atoms with Crippen molar-refractivity contribution in [2.75, 3.05) is 13.2 Å². The van der Waals surface area contributed by atoms with Gasteiger partial charge in [-0.05, 0) is 130 Å². The molecule has 0 bridgehead atoms. The summed E-state index contributed by atoms with van der Waals surface area (Å²) in [5.41, 5.74) is 2.68. The molecule has 4 aliphatic rings. The molecule has 0 aliphatic heterocycles. The largest absolute Gasteiger partial charge is 0.378 e. The molecule has 0 aromatic carbocycles. The molecule has 0 amide bonds. The van der Waals surface area contributed by atoms with Crippen LogP contribution in [0.4, 0.5) is 0 Å². The maximum atomic E-state index is 6.53. The zero-order valence-corrected chi connectivity index (χ0v) is 27.6. The molecular formula is C37H66O2. The molecule has 8 unspecified atom stereocenters. The van der Waals surface area contributed by atoms with Gasteiger partial charge in [0.25, 0.3) is 0 Å². The second-order valence-electron chi connectivity index (χ2n) is 16.6. The first-order chi connectivity index (χ1) is 18.4. The summed E-state index contributed by atoms with van der Waals surface area (Å²) >= 11 is 0. The highest BCUT2D eigenvalue weighted by atomic mass is 16.5. The molecule has 39 heavy (non-hydrogen) atoms. The van der Waals surface area contributed by atoms with Crippen LogP contribution in [-0.2, 0) is 9.47 Å². The number of ether oxygens (including phenoxy) is 2. The van der Waals surface area contributed by atoms with Gasteiger partial charge < -0.3 is 9.47 Å². The standard InChI is InChI=1S/C37H66O2/c1-26(2)11-10-12-28(5)32-15-16-33-31-14-13-29-25-30(38-24-22-35(6,7)39-23-19-27(3)4)17-20-36(29,8)34(31)18-21-37(32,33)9/h13,26-28,30-34H,10-12,14-25H2,1-9H3. The summed E-state index contributed by atoms with van der Waals surface area (Å²) in [4.78, 5) is 0. The van der Waals surface area contributed by atoms with Crippen LogP contribution in [0.1, 0.15) is 146 Å². The smallest absolute Gasteiger partial charge is 0.0648 e. The van der Waals surface area contributed by atoms with Crippen LogP contribution < -0.4 is 0 Å². The zero-order chi connectivity index (χ0) is 28.4. The lowest BCUT2D eigenvalue weighted by Gasteiger charge is -2.58. The molecule has 4 aliphatic carbocycles. The summed E-state index contributed by atoms with van der Waals surface area (Å²) in [7, 11) is 0. The van der Waals surface area contributed by atoms with Crippen molar-refractivity contribution in [1.82, 2.24) is 0 Å². The predicted octanol–water partition coefficient (Wildman–Crippen LogP) is 10.6. The molecule has 4 rings (SSSR count). The van der Waals surface area contributed by atoms with Gasteiger partial charge in [0.15, 0.2) is 0 Å². The van der Waals surface area contributed by atoms with Gasteiger partial charge in [-0.3, -0.25) is 0 Å². The minimum Gasteiger partial charge on any atom is -0.378 e. The lowest BCUT2D eigenvalue weighted by Crippen LogP contribution is -2.51. The minimum absolute atomic E-state index is 0.0881. The predicted molar refractivity (Wildman–Crippen MR) is 167 cm³/mol. The first-order valence-corrected chi connectivity index (χ1v) is 17.3. The van der Waals surface area contributed by atoms with E-state index in [1.54, 1.807) is 5.57 Å². The fraction of sp³-hybridized carbons (Fsp3) is 0.946. The molecule has 8 atom stereocenters. The van der Waals surface area contributed by atoms with Crippen molar-refractivity contribution in [3.05, 3.63) is 11.6 Å². The summed E-state index contributed by atoms with van der Waals surface area (Å²) in [6.45, 7) is 23.4. The van der Waals surface area contributed by atoms with E-state index in [1.165, 1.54) is 70.6 Å². The van der Waals surface area contributed by atoms with Gasteiger partial charge in [0.2, 0.25) is 0 Å². The Morgan fingerprint density at radius 1 is 0.872 bits per heavy atom. The SMILES string of the molecule is CC(C)CCCC(C)C1CCC2C3CC=C4CC(OCCC(C)(C)OCCC(C)C)CCC4(C)C3CCC12C. The summed E-state index contributed by atoms with van der Waals surface area (Å²) < 4.78 is 12.7. The van der Waals surface area contributed by atoms with Crippen molar-refractivity contribution in [2.45, 2.75) is 157 Å². The Morgan fingerprint density at radius 2 is 1.62 bits per heavy atom. The second-order valence-corrected chi connectivity index (χ2v) is 16.6. The first kappa shape index (κ1) is 31.6. The molecule has 3 fully saturated rings. The molecule has 0 heterocycles. The maximum absolute atomic E-state index is 6.53. The Morgan fingerprint density at radius 3 is 2.33 bits per heavy atom. The highest BCUT2D eigenvalue weighted by Crippen LogP contribution is 2.67. The van der Waals surface area contributed by atoms with Crippen molar-refractivity contribution in [2.24, 2.45) is 52.3 Å². The zero-order valence-electron chi connectivity index (χ0n) is 27.6. The summed E-state index contributed by atoms with van der Waals surface area (Å²) in [6, 6.07) is 0. The molecule has 226 valence electrons. The molecule has 0 aromatic heterocycles. The quantitative estimate of drug-likeness (QED) is 0.215. The average Bonchev–Trinajstić information content (AvgIpc) is 3.20. The van der Waals surface area contributed by atoms with E-state index in [-0.39, 0.29) is 5.60 Å². The number of fused-ring (bicyclic) bond motifs is 5. The molecule has 0 spiro atoms. The molecule has 2 heteroatoms. The van der Waals surface area contributed by atoms with E-state index in [1.807, 2.05) is 0 Å². The van der Waals surface area contributed by atoms with Gasteiger partial charge >= 0.3 is 0 Å². The number of rotatable bonds is 13. The minimum atomic E-state index is -0.0881. The summed E-state index contributed by atoms with van der Waals surface area (Å²) in [5, 5.41) is 0. The third-order valence-corrected chi connectivity index (χ3v) is 12.5. The van der Waals surface area contributed by atoms with E-state index in [4.69, 9.17) is 9.47 Å². The van der Waals surface area contributed by atoms with Crippen LogP contribution in [0.3, 0.4) is 0 Å². The number of hydrogen-bond acceptors (Lipinski definition) is 2. The first-order valence-electron chi connectivity index (χ1n) is 17.3. The van der Waals surface area contributed by atoms with Crippen LogP contribution in [-0.4, -0.2) is 24.9 Å². The van der Waals surface area contributed by atoms with E-state index < -0.39 is 0 Å². The lowest BCUT2D eigenvalue weighted by atomic mass is 9.47. The van der Waals surface area contributed by atoms with E-state index in [2.05, 4.69) is 68.4 Å². The Bertz CT molecular complexity index is 810. The maximum Gasteiger partial charge on any atom is 0.0648 e. The Hall–Kier alpha value is -0.340. The van der Waals surface area contributed by atoms with Gasteiger partial charge in [0.1, 0.15) is 0 Å². The van der Waals surface area contributed by atoms with Crippen molar-refractivity contribution in [3.63, 3.8) is 0 Å². The molecule has 2 nitrogen and oxygen atoms in total. The molecule has 0 radical (unpaired) electrons. The monoisotopic (exact) mass is 543 g/mol. The van der Waals surface area contributed by atoms with Gasteiger partial charge in [-0.25, -0.2) is 0 Å². The fourth-order valence-corrected chi connectivity index (χ4v) is 9.91. The average molecular weight is 543 g/mol. The van der Waals surface area contributed by atoms with Gasteiger partial charge in [-0.2, -0.15) is 0 Å². The lowest BCUT2D eigenvalue weighted by molar-refractivity contribution is -0.0757. The summed E-state index contributed by atoms with van der Waals surface area (Å²) in [5.74, 6) is 6.19. The van der Waals surface area contributed by atoms with Gasteiger partial charge in [0.05, 0.1) is 11.7 Å². The Balaban J connectivity index is 1.32. The van der Waals surface area contributed by atoms with Crippen molar-refractivity contribution in [1.29, 1.82) is 0 Å². The van der Waals surface area contributed by atoms with Gasteiger partial charge in [0, 0.05) is 13.2 Å². The summed E-state index contributed by atoms with van der Waals surface area (Å²) in [6.07, 6.45) is 20.6. The van der Waals surface area contributed by atoms with Crippen molar-refractivity contribution < 1.29 is 9.47 Å². The highest BCUT2D eigenvalue weighted by molar-refractivity contribution is 5.25. The van der Waals surface area contributed by atoms with Crippen LogP contribution in [0.2, 0.25) is 0 Å². The molecule has 0 N–H and O–H groups in total. The van der Waals surface area contributed by atoms with Crippen molar-refractivity contribution >= 4 is 0 Å². The second kappa shape index (κ2) is 12.9. The van der Waals surface area contributed by atoms with Crippen LogP contribution >= 0.6 is 0 Å². The van der Waals surface area contributed by atoms with Crippen LogP contribution in [0, 0.1) is 52.3 Å². The Labute approximate surface area is 243 Å². The molecule has 3 saturated carbocycles. The van der Waals surface area contributed by atoms with Crippen molar-refractivity contribution in [3.8, 4) is 0 Å². The van der Waals surface area contributed by atoms with Crippen LogP contribution in [0.15, 0.2) is 11.6 Å². The molecule has 0 aromatic rings. The topological polar surface area (TPSA) is 18.5 Å². The third kappa shape index (κ3) is 7.18.